The van der Waals surface area contributed by atoms with E-state index in [1.54, 1.807) is 0 Å². The Morgan fingerprint density at radius 1 is 1.64 bits per heavy atom. The van der Waals surface area contributed by atoms with Gasteiger partial charge in [-0.15, -0.1) is 0 Å². The zero-order valence-corrected chi connectivity index (χ0v) is 8.41. The molecule has 0 unspecified atom stereocenters. The standard InChI is InChI=1S/C6H9N3O4S/c1-9-5(14(7,11)12)4(3-8-9)6(10)13-2/h3H,1-2H3,(H2,7,11,12). The number of primary sulfonamides is 1. The maximum atomic E-state index is 11.1. The SMILES string of the molecule is COC(=O)c1cnn(C)c1S(N)(=O)=O. The van der Waals surface area contributed by atoms with Crippen LogP contribution in [0.2, 0.25) is 0 Å². The Labute approximate surface area is 80.5 Å². The molecule has 1 rings (SSSR count). The number of ether oxygens (including phenoxy) is 1. The van der Waals surface area contributed by atoms with Crippen LogP contribution >= 0.6 is 0 Å². The second kappa shape index (κ2) is 3.39. The quantitative estimate of drug-likeness (QED) is 0.633. The molecule has 0 aliphatic carbocycles. The van der Waals surface area contributed by atoms with Crippen LogP contribution in [-0.4, -0.2) is 31.3 Å². The van der Waals surface area contributed by atoms with Gasteiger partial charge in [0.25, 0.3) is 10.0 Å². The first kappa shape index (κ1) is 10.7. The van der Waals surface area contributed by atoms with Crippen LogP contribution in [0, 0.1) is 0 Å². The monoisotopic (exact) mass is 219 g/mol. The van der Waals surface area contributed by atoms with Gasteiger partial charge in [0.1, 0.15) is 5.56 Å². The zero-order valence-electron chi connectivity index (χ0n) is 7.59. The molecule has 1 aromatic heterocycles. The van der Waals surface area contributed by atoms with E-state index >= 15 is 0 Å². The molecule has 0 atom stereocenters. The van der Waals surface area contributed by atoms with Crippen molar-refractivity contribution in [2.24, 2.45) is 12.2 Å². The van der Waals surface area contributed by atoms with Crippen molar-refractivity contribution in [2.45, 2.75) is 5.03 Å². The van der Waals surface area contributed by atoms with Gasteiger partial charge in [0, 0.05) is 7.05 Å². The lowest BCUT2D eigenvalue weighted by Crippen LogP contribution is -2.19. The molecule has 1 heterocycles. The molecule has 8 heteroatoms. The van der Waals surface area contributed by atoms with Crippen molar-refractivity contribution in [3.05, 3.63) is 11.8 Å². The minimum atomic E-state index is -3.98. The van der Waals surface area contributed by atoms with E-state index in [4.69, 9.17) is 5.14 Å². The summed E-state index contributed by atoms with van der Waals surface area (Å²) in [5.41, 5.74) is -0.169. The molecule has 78 valence electrons. The highest BCUT2D eigenvalue weighted by Crippen LogP contribution is 2.13. The van der Waals surface area contributed by atoms with Crippen molar-refractivity contribution in [3.8, 4) is 0 Å². The smallest absolute Gasteiger partial charge is 0.342 e. The molecule has 0 spiro atoms. The number of aryl methyl sites for hydroxylation is 1. The molecule has 2 N–H and O–H groups in total. The fourth-order valence-corrected chi connectivity index (χ4v) is 1.87. The van der Waals surface area contributed by atoms with Crippen LogP contribution in [0.1, 0.15) is 10.4 Å². The molecular weight excluding hydrogens is 210 g/mol. The molecule has 7 nitrogen and oxygen atoms in total. The fraction of sp³-hybridized carbons (Fsp3) is 0.333. The third-order valence-corrected chi connectivity index (χ3v) is 2.58. The van der Waals surface area contributed by atoms with Crippen molar-refractivity contribution in [1.82, 2.24) is 9.78 Å². The molecular formula is C6H9N3O4S. The summed E-state index contributed by atoms with van der Waals surface area (Å²) in [7, 11) is -1.47. The third-order valence-electron chi connectivity index (χ3n) is 1.56. The van der Waals surface area contributed by atoms with Gasteiger partial charge in [0.15, 0.2) is 5.03 Å². The number of aromatic nitrogens is 2. The van der Waals surface area contributed by atoms with E-state index in [0.717, 1.165) is 18.0 Å². The normalized spacial score (nSPS) is 11.4. The minimum absolute atomic E-state index is 0.169. The van der Waals surface area contributed by atoms with Gasteiger partial charge in [0.2, 0.25) is 0 Å². The Morgan fingerprint density at radius 3 is 2.64 bits per heavy atom. The van der Waals surface area contributed by atoms with E-state index in [2.05, 4.69) is 9.84 Å². The molecule has 0 aliphatic rings. The number of nitrogens with zero attached hydrogens (tertiary/aromatic N) is 2. The van der Waals surface area contributed by atoms with E-state index in [1.807, 2.05) is 0 Å². The van der Waals surface area contributed by atoms with Gasteiger partial charge in [0.05, 0.1) is 13.3 Å². The molecule has 0 fully saturated rings. The summed E-state index contributed by atoms with van der Waals surface area (Å²) in [6, 6.07) is 0. The molecule has 0 amide bonds. The van der Waals surface area contributed by atoms with Crippen LogP contribution in [0.3, 0.4) is 0 Å². The van der Waals surface area contributed by atoms with Gasteiger partial charge in [-0.25, -0.2) is 18.4 Å². The average Bonchev–Trinajstić information content (AvgIpc) is 2.44. The summed E-state index contributed by atoms with van der Waals surface area (Å²) in [6.45, 7) is 0. The summed E-state index contributed by atoms with van der Waals surface area (Å²) in [5, 5.41) is 8.15. The van der Waals surface area contributed by atoms with E-state index in [-0.39, 0.29) is 10.6 Å². The van der Waals surface area contributed by atoms with E-state index < -0.39 is 16.0 Å². The van der Waals surface area contributed by atoms with Crippen molar-refractivity contribution in [3.63, 3.8) is 0 Å². The van der Waals surface area contributed by atoms with Crippen LogP contribution in [-0.2, 0) is 21.8 Å². The lowest BCUT2D eigenvalue weighted by molar-refractivity contribution is 0.0596. The number of methoxy groups -OCH3 is 1. The topological polar surface area (TPSA) is 104 Å². The van der Waals surface area contributed by atoms with Gasteiger partial charge < -0.3 is 4.74 Å². The van der Waals surface area contributed by atoms with E-state index in [0.29, 0.717) is 0 Å². The van der Waals surface area contributed by atoms with Gasteiger partial charge in [-0.1, -0.05) is 0 Å². The maximum Gasteiger partial charge on any atom is 0.342 e. The molecule has 0 saturated heterocycles. The number of esters is 1. The highest BCUT2D eigenvalue weighted by atomic mass is 32.2. The van der Waals surface area contributed by atoms with Crippen molar-refractivity contribution in [1.29, 1.82) is 0 Å². The van der Waals surface area contributed by atoms with E-state index in [9.17, 15) is 13.2 Å². The summed E-state index contributed by atoms with van der Waals surface area (Å²) >= 11 is 0. The average molecular weight is 219 g/mol. The van der Waals surface area contributed by atoms with Crippen LogP contribution in [0.4, 0.5) is 0 Å². The summed E-state index contributed by atoms with van der Waals surface area (Å²) < 4.78 is 27.5. The first-order valence-corrected chi connectivity index (χ1v) is 5.05. The summed E-state index contributed by atoms with van der Waals surface area (Å²) in [6.07, 6.45) is 1.09. The van der Waals surface area contributed by atoms with Gasteiger partial charge in [-0.05, 0) is 0 Å². The van der Waals surface area contributed by atoms with Crippen molar-refractivity contribution >= 4 is 16.0 Å². The van der Waals surface area contributed by atoms with Crippen molar-refractivity contribution in [2.75, 3.05) is 7.11 Å². The first-order chi connectivity index (χ1) is 6.38. The molecule has 1 aromatic rings. The molecule has 0 aromatic carbocycles. The summed E-state index contributed by atoms with van der Waals surface area (Å²) in [5.74, 6) is -0.790. The molecule has 14 heavy (non-hydrogen) atoms. The Kier molecular flexibility index (Phi) is 2.58. The predicted molar refractivity (Wildman–Crippen MR) is 45.9 cm³/mol. The van der Waals surface area contributed by atoms with Crippen molar-refractivity contribution < 1.29 is 17.9 Å². The van der Waals surface area contributed by atoms with Gasteiger partial charge >= 0.3 is 5.97 Å². The molecule has 0 aliphatic heterocycles. The number of sulfonamides is 1. The number of carbonyl (C=O) groups is 1. The number of hydrogen-bond acceptors (Lipinski definition) is 5. The lowest BCUT2D eigenvalue weighted by Gasteiger charge is -2.01. The Balaban J connectivity index is 3.42. The number of nitrogens with two attached hydrogens (primary N) is 1. The number of rotatable bonds is 2. The minimum Gasteiger partial charge on any atom is -0.465 e. The molecule has 0 saturated carbocycles. The predicted octanol–water partition coefficient (Wildman–Crippen LogP) is -1.15. The lowest BCUT2D eigenvalue weighted by atomic mass is 10.4. The maximum absolute atomic E-state index is 11.1. The van der Waals surface area contributed by atoms with Crippen LogP contribution in [0.15, 0.2) is 11.2 Å². The zero-order chi connectivity index (χ0) is 10.9. The second-order valence-corrected chi connectivity index (χ2v) is 4.00. The highest BCUT2D eigenvalue weighted by molar-refractivity contribution is 7.89. The fourth-order valence-electron chi connectivity index (χ4n) is 1.01. The Bertz CT molecular complexity index is 461. The second-order valence-electron chi connectivity index (χ2n) is 2.52. The van der Waals surface area contributed by atoms with Gasteiger partial charge in [-0.2, -0.15) is 5.10 Å². The largest absolute Gasteiger partial charge is 0.465 e. The van der Waals surface area contributed by atoms with Crippen LogP contribution in [0.25, 0.3) is 0 Å². The first-order valence-electron chi connectivity index (χ1n) is 3.51. The Morgan fingerprint density at radius 2 is 2.21 bits per heavy atom. The highest BCUT2D eigenvalue weighted by Gasteiger charge is 2.24. The number of hydrogen-bond donors (Lipinski definition) is 1. The third kappa shape index (κ3) is 1.75. The van der Waals surface area contributed by atoms with E-state index in [1.165, 1.54) is 7.05 Å². The number of carbonyl (C=O) groups excluding carboxylic acids is 1. The summed E-state index contributed by atoms with van der Waals surface area (Å²) in [4.78, 5) is 11.1. The van der Waals surface area contributed by atoms with Crippen LogP contribution in [0.5, 0.6) is 0 Å². The van der Waals surface area contributed by atoms with Crippen LogP contribution < -0.4 is 5.14 Å². The Hall–Kier alpha value is -1.41. The molecule has 0 radical (unpaired) electrons. The molecule has 0 bridgehead atoms. The van der Waals surface area contributed by atoms with Gasteiger partial charge in [-0.3, -0.25) is 4.68 Å².